The molecule has 1 heterocycles. The molecule has 0 unspecified atom stereocenters. The number of aliphatic imine (C=N–C) groups is 1. The lowest BCUT2D eigenvalue weighted by Crippen LogP contribution is -1.93. The Hall–Kier alpha value is -1.71. The minimum absolute atomic E-state index is 0.0728. The highest BCUT2D eigenvalue weighted by Gasteiger charge is 1.90. The van der Waals surface area contributed by atoms with Crippen molar-refractivity contribution in [3.8, 4) is 0 Å². The number of hydrogen-bond donors (Lipinski definition) is 1. The Balaban J connectivity index is 2.52. The SMILES string of the molecule is O=C(O)CC=Nc1ccccn1. The average molecular weight is 164 g/mol. The van der Waals surface area contributed by atoms with Gasteiger partial charge in [-0.15, -0.1) is 0 Å². The molecule has 0 aromatic carbocycles. The normalized spacial score (nSPS) is 10.3. The molecule has 1 aromatic heterocycles. The maximum absolute atomic E-state index is 10.1. The second-order valence-corrected chi connectivity index (χ2v) is 2.10. The average Bonchev–Trinajstić information content (AvgIpc) is 2.05. The summed E-state index contributed by atoms with van der Waals surface area (Å²) in [5.74, 6) is -0.367. The van der Waals surface area contributed by atoms with Crippen LogP contribution in [0, 0.1) is 0 Å². The molecule has 0 aliphatic carbocycles. The van der Waals surface area contributed by atoms with Gasteiger partial charge >= 0.3 is 5.97 Å². The molecule has 0 saturated carbocycles. The number of nitrogens with zero attached hydrogens (tertiary/aromatic N) is 2. The van der Waals surface area contributed by atoms with E-state index in [-0.39, 0.29) is 6.42 Å². The van der Waals surface area contributed by atoms with Gasteiger partial charge in [-0.1, -0.05) is 6.07 Å². The highest BCUT2D eigenvalue weighted by atomic mass is 16.4. The van der Waals surface area contributed by atoms with E-state index in [1.54, 1.807) is 24.4 Å². The van der Waals surface area contributed by atoms with Crippen molar-refractivity contribution in [2.45, 2.75) is 6.42 Å². The fraction of sp³-hybridized carbons (Fsp3) is 0.125. The number of carbonyl (C=O) groups is 1. The monoisotopic (exact) mass is 164 g/mol. The van der Waals surface area contributed by atoms with Crippen molar-refractivity contribution in [3.63, 3.8) is 0 Å². The van der Waals surface area contributed by atoms with Crippen LogP contribution >= 0.6 is 0 Å². The molecular formula is C8H8N2O2. The van der Waals surface area contributed by atoms with Gasteiger partial charge in [0, 0.05) is 12.4 Å². The van der Waals surface area contributed by atoms with Crippen molar-refractivity contribution < 1.29 is 9.90 Å². The van der Waals surface area contributed by atoms with Crippen LogP contribution in [0.25, 0.3) is 0 Å². The molecule has 0 radical (unpaired) electrons. The molecule has 0 atom stereocenters. The molecular weight excluding hydrogens is 156 g/mol. The number of aromatic nitrogens is 1. The van der Waals surface area contributed by atoms with Gasteiger partial charge in [0.15, 0.2) is 5.82 Å². The van der Waals surface area contributed by atoms with Crippen LogP contribution in [0.4, 0.5) is 5.82 Å². The Bertz CT molecular complexity index is 282. The fourth-order valence-electron chi connectivity index (χ4n) is 0.647. The molecule has 1 rings (SSSR count). The topological polar surface area (TPSA) is 62.5 Å². The summed E-state index contributed by atoms with van der Waals surface area (Å²) in [6, 6.07) is 5.27. The molecule has 0 spiro atoms. The van der Waals surface area contributed by atoms with Crippen LogP contribution in [-0.2, 0) is 4.79 Å². The van der Waals surface area contributed by atoms with E-state index in [0.29, 0.717) is 5.82 Å². The second kappa shape index (κ2) is 4.23. The minimum atomic E-state index is -0.894. The van der Waals surface area contributed by atoms with Crippen molar-refractivity contribution in [2.24, 2.45) is 4.99 Å². The van der Waals surface area contributed by atoms with E-state index in [1.165, 1.54) is 6.21 Å². The van der Waals surface area contributed by atoms with Crippen LogP contribution < -0.4 is 0 Å². The van der Waals surface area contributed by atoms with E-state index in [4.69, 9.17) is 5.11 Å². The van der Waals surface area contributed by atoms with Crippen LogP contribution in [0.15, 0.2) is 29.4 Å². The predicted octanol–water partition coefficient (Wildman–Crippen LogP) is 1.26. The molecule has 0 fully saturated rings. The van der Waals surface area contributed by atoms with E-state index in [9.17, 15) is 4.79 Å². The summed E-state index contributed by atoms with van der Waals surface area (Å²) in [6.45, 7) is 0. The first-order valence-corrected chi connectivity index (χ1v) is 3.44. The zero-order valence-electron chi connectivity index (χ0n) is 6.34. The molecule has 62 valence electrons. The first-order chi connectivity index (χ1) is 5.79. The van der Waals surface area contributed by atoms with E-state index in [2.05, 4.69) is 9.98 Å². The van der Waals surface area contributed by atoms with Crippen LogP contribution in [0.3, 0.4) is 0 Å². The fourth-order valence-corrected chi connectivity index (χ4v) is 0.647. The maximum atomic E-state index is 10.1. The molecule has 0 bridgehead atoms. The molecule has 1 aromatic rings. The molecule has 4 nitrogen and oxygen atoms in total. The predicted molar refractivity (Wildman–Crippen MR) is 44.6 cm³/mol. The van der Waals surface area contributed by atoms with E-state index in [1.807, 2.05) is 0 Å². The minimum Gasteiger partial charge on any atom is -0.481 e. The third-order valence-electron chi connectivity index (χ3n) is 1.14. The van der Waals surface area contributed by atoms with Crippen molar-refractivity contribution in [2.75, 3.05) is 0 Å². The number of rotatable bonds is 3. The second-order valence-electron chi connectivity index (χ2n) is 2.10. The Labute approximate surface area is 69.6 Å². The largest absolute Gasteiger partial charge is 0.481 e. The first-order valence-electron chi connectivity index (χ1n) is 3.44. The number of pyridine rings is 1. The molecule has 12 heavy (non-hydrogen) atoms. The van der Waals surface area contributed by atoms with Crippen LogP contribution in [0.1, 0.15) is 6.42 Å². The van der Waals surface area contributed by atoms with Crippen LogP contribution in [-0.4, -0.2) is 22.3 Å². The van der Waals surface area contributed by atoms with Gasteiger partial charge < -0.3 is 5.11 Å². The van der Waals surface area contributed by atoms with Crippen LogP contribution in [0.5, 0.6) is 0 Å². The standard InChI is InChI=1S/C8H8N2O2/c11-8(12)4-6-10-7-3-1-2-5-9-7/h1-3,5-6H,4H2,(H,11,12). The molecule has 1 N–H and O–H groups in total. The third kappa shape index (κ3) is 2.92. The van der Waals surface area contributed by atoms with Gasteiger partial charge in [0.2, 0.25) is 0 Å². The molecule has 0 saturated heterocycles. The Morgan fingerprint density at radius 1 is 1.67 bits per heavy atom. The lowest BCUT2D eigenvalue weighted by molar-refractivity contribution is -0.135. The highest BCUT2D eigenvalue weighted by Crippen LogP contribution is 2.03. The quantitative estimate of drug-likeness (QED) is 0.684. The van der Waals surface area contributed by atoms with Gasteiger partial charge in [0.25, 0.3) is 0 Å². The summed E-state index contributed by atoms with van der Waals surface area (Å²) < 4.78 is 0. The highest BCUT2D eigenvalue weighted by molar-refractivity contribution is 5.85. The lowest BCUT2D eigenvalue weighted by atomic mass is 10.4. The van der Waals surface area contributed by atoms with E-state index >= 15 is 0 Å². The zero-order chi connectivity index (χ0) is 8.81. The van der Waals surface area contributed by atoms with E-state index in [0.717, 1.165) is 0 Å². The van der Waals surface area contributed by atoms with Gasteiger partial charge in [-0.2, -0.15) is 0 Å². The maximum Gasteiger partial charge on any atom is 0.308 e. The molecule has 4 heteroatoms. The van der Waals surface area contributed by atoms with Gasteiger partial charge in [-0.25, -0.2) is 9.98 Å². The number of aliphatic carboxylic acids is 1. The lowest BCUT2D eigenvalue weighted by Gasteiger charge is -1.88. The summed E-state index contributed by atoms with van der Waals surface area (Å²) in [5.41, 5.74) is 0. The van der Waals surface area contributed by atoms with Gasteiger partial charge in [0.1, 0.15) is 0 Å². The Morgan fingerprint density at radius 2 is 2.50 bits per heavy atom. The number of carboxylic acid groups (broad SMARTS) is 1. The van der Waals surface area contributed by atoms with Crippen molar-refractivity contribution in [1.82, 2.24) is 4.98 Å². The van der Waals surface area contributed by atoms with E-state index < -0.39 is 5.97 Å². The summed E-state index contributed by atoms with van der Waals surface area (Å²) >= 11 is 0. The summed E-state index contributed by atoms with van der Waals surface area (Å²) in [6.07, 6.45) is 2.86. The third-order valence-corrected chi connectivity index (χ3v) is 1.14. The Morgan fingerprint density at radius 3 is 3.08 bits per heavy atom. The van der Waals surface area contributed by atoms with Gasteiger partial charge in [-0.3, -0.25) is 4.79 Å². The smallest absolute Gasteiger partial charge is 0.308 e. The van der Waals surface area contributed by atoms with Crippen molar-refractivity contribution in [3.05, 3.63) is 24.4 Å². The van der Waals surface area contributed by atoms with Gasteiger partial charge in [0.05, 0.1) is 6.42 Å². The molecule has 0 amide bonds. The number of carboxylic acids is 1. The summed E-state index contributed by atoms with van der Waals surface area (Å²) in [7, 11) is 0. The summed E-state index contributed by atoms with van der Waals surface area (Å²) in [4.78, 5) is 17.8. The van der Waals surface area contributed by atoms with Crippen LogP contribution in [0.2, 0.25) is 0 Å². The van der Waals surface area contributed by atoms with Crippen molar-refractivity contribution in [1.29, 1.82) is 0 Å². The van der Waals surface area contributed by atoms with Crippen molar-refractivity contribution >= 4 is 18.0 Å². The molecule has 0 aliphatic heterocycles. The number of hydrogen-bond acceptors (Lipinski definition) is 3. The molecule has 0 aliphatic rings. The first kappa shape index (κ1) is 8.39. The summed E-state index contributed by atoms with van der Waals surface area (Å²) in [5, 5.41) is 8.28. The zero-order valence-corrected chi connectivity index (χ0v) is 6.34. The Kier molecular flexibility index (Phi) is 2.95. The van der Waals surface area contributed by atoms with Gasteiger partial charge in [-0.05, 0) is 12.1 Å².